The van der Waals surface area contributed by atoms with E-state index in [1.54, 1.807) is 12.1 Å². The first-order valence-electron chi connectivity index (χ1n) is 13.6. The fourth-order valence-corrected chi connectivity index (χ4v) is 5.24. The number of nitrogens with two attached hydrogens (primary N) is 1. The molecule has 0 bridgehead atoms. The lowest BCUT2D eigenvalue weighted by Crippen LogP contribution is -2.33. The number of aliphatic hydroxyl groups excluding tert-OH is 1. The van der Waals surface area contributed by atoms with Crippen molar-refractivity contribution in [2.45, 2.75) is 57.8 Å². The predicted octanol–water partition coefficient (Wildman–Crippen LogP) is 6.51. The van der Waals surface area contributed by atoms with Crippen molar-refractivity contribution in [3.63, 3.8) is 0 Å². The number of benzene rings is 3. The molecule has 4 aromatic rings. The van der Waals surface area contributed by atoms with Crippen molar-refractivity contribution in [1.82, 2.24) is 4.57 Å². The van der Waals surface area contributed by atoms with Gasteiger partial charge < -0.3 is 25.3 Å². The van der Waals surface area contributed by atoms with Gasteiger partial charge in [-0.15, -0.1) is 0 Å². The molecule has 2 heterocycles. The molecule has 1 aliphatic rings. The van der Waals surface area contributed by atoms with E-state index in [4.69, 9.17) is 10.5 Å². The minimum atomic E-state index is -1.04. The number of carbonyl (C=O) groups excluding carboxylic acids is 1. The Morgan fingerprint density at radius 1 is 1.00 bits per heavy atom. The number of rotatable bonds is 7. The first-order chi connectivity index (χ1) is 19.7. The van der Waals surface area contributed by atoms with Crippen LogP contribution in [0.3, 0.4) is 0 Å². The summed E-state index contributed by atoms with van der Waals surface area (Å²) in [6.45, 7) is 4.25. The monoisotopic (exact) mass is 558 g/mol. The Balaban J connectivity index is 0.000000483. The Kier molecular flexibility index (Phi) is 9.57. The zero-order chi connectivity index (χ0) is 29.5. The van der Waals surface area contributed by atoms with Gasteiger partial charge >= 0.3 is 11.9 Å². The molecule has 4 N–H and O–H groups in total. The molecule has 7 nitrogen and oxygen atoms in total. The lowest BCUT2D eigenvalue weighted by Gasteiger charge is -2.27. The third-order valence-corrected chi connectivity index (χ3v) is 6.95. The zero-order valence-electron chi connectivity index (χ0n) is 23.2. The van der Waals surface area contributed by atoms with Gasteiger partial charge in [0.25, 0.3) is 0 Å². The fourth-order valence-electron chi connectivity index (χ4n) is 5.24. The Morgan fingerprint density at radius 3 is 2.12 bits per heavy atom. The SMILES string of the molecule is CC(C)c1c(C(=O)O)c(-c2ccccc2)c(-c2ccc(F)cc2)n1CC[C@@H]1C[C@@H](O)CC(=O)O1.Nc1ccccc1. The number of nitrogens with zero attached hydrogens (tertiary/aromatic N) is 1. The second-order valence-electron chi connectivity index (χ2n) is 10.4. The van der Waals surface area contributed by atoms with Crippen LogP contribution < -0.4 is 5.73 Å². The van der Waals surface area contributed by atoms with Gasteiger partial charge in [-0.25, -0.2) is 9.18 Å². The van der Waals surface area contributed by atoms with E-state index >= 15 is 0 Å². The summed E-state index contributed by atoms with van der Waals surface area (Å²) >= 11 is 0. The fraction of sp³-hybridized carbons (Fsp3) is 0.273. The van der Waals surface area contributed by atoms with E-state index in [2.05, 4.69) is 0 Å². The summed E-state index contributed by atoms with van der Waals surface area (Å²) in [6, 6.07) is 24.8. The van der Waals surface area contributed by atoms with Gasteiger partial charge in [0.1, 0.15) is 11.9 Å². The maximum absolute atomic E-state index is 13.8. The molecule has 1 aliphatic heterocycles. The number of anilines is 1. The number of hydrogen-bond donors (Lipinski definition) is 3. The third-order valence-electron chi connectivity index (χ3n) is 6.95. The average Bonchev–Trinajstić information content (AvgIpc) is 3.29. The van der Waals surface area contributed by atoms with Gasteiger partial charge in [-0.3, -0.25) is 4.79 Å². The van der Waals surface area contributed by atoms with Gasteiger partial charge in [-0.1, -0.05) is 62.4 Å². The van der Waals surface area contributed by atoms with E-state index in [0.29, 0.717) is 41.9 Å². The van der Waals surface area contributed by atoms with Crippen LogP contribution in [0, 0.1) is 5.82 Å². The van der Waals surface area contributed by atoms with Crippen LogP contribution in [0.25, 0.3) is 22.4 Å². The van der Waals surface area contributed by atoms with Crippen LogP contribution in [-0.2, 0) is 16.1 Å². The Morgan fingerprint density at radius 2 is 1.61 bits per heavy atom. The molecule has 0 spiro atoms. The van der Waals surface area contributed by atoms with Gasteiger partial charge in [-0.2, -0.15) is 0 Å². The number of esters is 1. The van der Waals surface area contributed by atoms with Gasteiger partial charge in [0.05, 0.1) is 23.8 Å². The number of carboxylic acids is 1. The highest BCUT2D eigenvalue weighted by Crippen LogP contribution is 2.42. The molecular weight excluding hydrogens is 523 g/mol. The normalized spacial score (nSPS) is 16.6. The highest BCUT2D eigenvalue weighted by molar-refractivity contribution is 6.03. The number of para-hydroxylation sites is 1. The van der Waals surface area contributed by atoms with E-state index in [1.807, 2.05) is 79.1 Å². The smallest absolute Gasteiger partial charge is 0.338 e. The number of aliphatic hydroxyl groups is 1. The standard InChI is InChI=1S/C27H28FNO5.C6H7N/c1-16(2)25-24(27(32)33)23(17-6-4-3-5-7-17)26(18-8-10-19(28)11-9-18)29(25)13-12-21-14-20(30)15-22(31)34-21;7-6-4-2-1-3-5-6/h3-11,16,20-21,30H,12-15H2,1-2H3,(H,32,33);1-5H,7H2/t20-,21-;/m1./s1. The van der Waals surface area contributed by atoms with Gasteiger partial charge in [0.15, 0.2) is 0 Å². The number of aromatic carboxylic acids is 1. The molecular formula is C33H35FN2O5. The summed E-state index contributed by atoms with van der Waals surface area (Å²) in [4.78, 5) is 24.4. The van der Waals surface area contributed by atoms with E-state index in [9.17, 15) is 24.2 Å². The van der Waals surface area contributed by atoms with Crippen molar-refractivity contribution in [3.8, 4) is 22.4 Å². The molecule has 3 aromatic carbocycles. The van der Waals surface area contributed by atoms with E-state index in [0.717, 1.165) is 11.3 Å². The van der Waals surface area contributed by atoms with Crippen LogP contribution in [-0.4, -0.2) is 38.9 Å². The molecule has 0 aliphatic carbocycles. The van der Waals surface area contributed by atoms with Crippen molar-refractivity contribution in [1.29, 1.82) is 0 Å². The van der Waals surface area contributed by atoms with Gasteiger partial charge in [-0.05, 0) is 53.4 Å². The molecule has 0 amide bonds. The highest BCUT2D eigenvalue weighted by atomic mass is 19.1. The summed E-state index contributed by atoms with van der Waals surface area (Å²) in [5.41, 5.74) is 9.72. The number of nitrogen functional groups attached to an aromatic ring is 1. The summed E-state index contributed by atoms with van der Waals surface area (Å²) < 4.78 is 21.1. The second-order valence-corrected chi connectivity index (χ2v) is 10.4. The van der Waals surface area contributed by atoms with Crippen molar-refractivity contribution in [2.75, 3.05) is 5.73 Å². The number of carbonyl (C=O) groups is 2. The quantitative estimate of drug-likeness (QED) is 0.176. The second kappa shape index (κ2) is 13.3. The van der Waals surface area contributed by atoms with Crippen molar-refractivity contribution < 1.29 is 28.9 Å². The lowest BCUT2D eigenvalue weighted by atomic mass is 9.95. The summed E-state index contributed by atoms with van der Waals surface area (Å²) in [5.74, 6) is -1.98. The lowest BCUT2D eigenvalue weighted by molar-refractivity contribution is -0.160. The predicted molar refractivity (Wildman–Crippen MR) is 157 cm³/mol. The Bertz CT molecular complexity index is 1470. The summed E-state index contributed by atoms with van der Waals surface area (Å²) in [7, 11) is 0. The van der Waals surface area contributed by atoms with Crippen LogP contribution in [0.1, 0.15) is 55.1 Å². The highest BCUT2D eigenvalue weighted by Gasteiger charge is 2.32. The first-order valence-corrected chi connectivity index (χ1v) is 13.6. The van der Waals surface area contributed by atoms with Crippen LogP contribution in [0.4, 0.5) is 10.1 Å². The number of cyclic esters (lactones) is 1. The molecule has 5 rings (SSSR count). The third kappa shape index (κ3) is 7.21. The zero-order valence-corrected chi connectivity index (χ0v) is 23.2. The van der Waals surface area contributed by atoms with Gasteiger partial charge in [0.2, 0.25) is 0 Å². The molecule has 41 heavy (non-hydrogen) atoms. The van der Waals surface area contributed by atoms with Crippen LogP contribution >= 0.6 is 0 Å². The molecule has 0 radical (unpaired) electrons. The number of halogens is 1. The Hall–Kier alpha value is -4.43. The van der Waals surface area contributed by atoms with Crippen LogP contribution in [0.2, 0.25) is 0 Å². The van der Waals surface area contributed by atoms with Crippen molar-refractivity contribution in [3.05, 3.63) is 102 Å². The molecule has 1 aromatic heterocycles. The molecule has 0 saturated carbocycles. The number of ether oxygens (including phenoxy) is 1. The summed E-state index contributed by atoms with van der Waals surface area (Å²) in [5, 5.41) is 20.3. The van der Waals surface area contributed by atoms with Crippen LogP contribution in [0.5, 0.6) is 0 Å². The topological polar surface area (TPSA) is 115 Å². The van der Waals surface area contributed by atoms with E-state index < -0.39 is 24.1 Å². The number of carboxylic acid groups (broad SMARTS) is 1. The van der Waals surface area contributed by atoms with Crippen molar-refractivity contribution in [2.24, 2.45) is 0 Å². The number of hydrogen-bond acceptors (Lipinski definition) is 5. The maximum Gasteiger partial charge on any atom is 0.338 e. The molecule has 1 saturated heterocycles. The maximum atomic E-state index is 13.8. The van der Waals surface area contributed by atoms with Crippen molar-refractivity contribution >= 4 is 17.6 Å². The molecule has 8 heteroatoms. The minimum absolute atomic E-state index is 0.0145. The minimum Gasteiger partial charge on any atom is -0.478 e. The van der Waals surface area contributed by atoms with E-state index in [-0.39, 0.29) is 23.7 Å². The largest absolute Gasteiger partial charge is 0.478 e. The number of aromatic nitrogens is 1. The Labute approximate surface area is 239 Å². The first kappa shape index (κ1) is 29.6. The molecule has 1 fully saturated rings. The molecule has 0 unspecified atom stereocenters. The van der Waals surface area contributed by atoms with E-state index in [1.165, 1.54) is 12.1 Å². The van der Waals surface area contributed by atoms with Gasteiger partial charge in [0, 0.05) is 36.3 Å². The van der Waals surface area contributed by atoms with Crippen LogP contribution in [0.15, 0.2) is 84.9 Å². The average molecular weight is 559 g/mol. The summed E-state index contributed by atoms with van der Waals surface area (Å²) in [6.07, 6.45) is -0.467. The molecule has 214 valence electrons. The molecule has 2 atom stereocenters.